The Kier molecular flexibility index (Phi) is 7.50. The number of amides is 1. The molecule has 1 N–H and O–H groups in total. The molecule has 0 aliphatic rings. The third kappa shape index (κ3) is 6.08. The molecular formula is C20H19F2NO5. The molecule has 0 atom stereocenters. The average Bonchev–Trinajstić information content (AvgIpc) is 2.69. The molecule has 148 valence electrons. The maximum absolute atomic E-state index is 13.5. The Bertz CT molecular complexity index is 883. The number of rotatable bonds is 8. The zero-order valence-corrected chi connectivity index (χ0v) is 15.3. The topological polar surface area (TPSA) is 73.9 Å². The van der Waals surface area contributed by atoms with Gasteiger partial charge in [-0.25, -0.2) is 13.6 Å². The number of nitrogens with one attached hydrogen (secondary N) is 1. The van der Waals surface area contributed by atoms with Crippen molar-refractivity contribution < 1.29 is 32.6 Å². The summed E-state index contributed by atoms with van der Waals surface area (Å²) in [7, 11) is 3.01. The minimum absolute atomic E-state index is 0.120. The van der Waals surface area contributed by atoms with Crippen molar-refractivity contribution in [3.63, 3.8) is 0 Å². The van der Waals surface area contributed by atoms with Crippen LogP contribution in [0.3, 0.4) is 0 Å². The number of ether oxygens (including phenoxy) is 3. The van der Waals surface area contributed by atoms with Gasteiger partial charge in [0.25, 0.3) is 5.91 Å². The molecule has 0 spiro atoms. The minimum Gasteiger partial charge on any atom is -0.493 e. The van der Waals surface area contributed by atoms with Crippen LogP contribution in [0.15, 0.2) is 42.5 Å². The summed E-state index contributed by atoms with van der Waals surface area (Å²) in [6.07, 6.45) is 2.66. The van der Waals surface area contributed by atoms with E-state index in [-0.39, 0.29) is 12.1 Å². The van der Waals surface area contributed by atoms with E-state index in [1.807, 2.05) is 0 Å². The van der Waals surface area contributed by atoms with Gasteiger partial charge in [0, 0.05) is 24.3 Å². The van der Waals surface area contributed by atoms with E-state index >= 15 is 0 Å². The molecule has 0 aliphatic carbocycles. The summed E-state index contributed by atoms with van der Waals surface area (Å²) >= 11 is 0. The van der Waals surface area contributed by atoms with Crippen LogP contribution in [0, 0.1) is 11.6 Å². The van der Waals surface area contributed by atoms with Crippen molar-refractivity contribution >= 4 is 18.0 Å². The molecule has 6 nitrogen and oxygen atoms in total. The first-order valence-electron chi connectivity index (χ1n) is 8.20. The summed E-state index contributed by atoms with van der Waals surface area (Å²) in [6.45, 7) is -0.679. The lowest BCUT2D eigenvalue weighted by Gasteiger charge is -2.08. The van der Waals surface area contributed by atoms with E-state index < -0.39 is 30.1 Å². The van der Waals surface area contributed by atoms with Crippen LogP contribution in [0.2, 0.25) is 0 Å². The number of carbonyl (C=O) groups is 2. The molecule has 0 saturated heterocycles. The standard InChI is InChI=1S/C20H19F2NO5/c1-26-17-7-3-13(9-18(17)27-2)4-8-20(25)28-12-19(24)23-11-14-5-6-15(21)10-16(14)22/h3-10H,11-12H2,1-2H3,(H,23,24)/b8-4+. The van der Waals surface area contributed by atoms with Crippen molar-refractivity contribution in [3.05, 3.63) is 65.2 Å². The molecule has 0 aliphatic heterocycles. The van der Waals surface area contributed by atoms with E-state index in [0.29, 0.717) is 17.1 Å². The third-order valence-electron chi connectivity index (χ3n) is 3.66. The maximum Gasteiger partial charge on any atom is 0.331 e. The van der Waals surface area contributed by atoms with Gasteiger partial charge in [0.05, 0.1) is 14.2 Å². The van der Waals surface area contributed by atoms with Crippen LogP contribution in [0.1, 0.15) is 11.1 Å². The van der Waals surface area contributed by atoms with Gasteiger partial charge in [-0.05, 0) is 29.8 Å². The smallest absolute Gasteiger partial charge is 0.331 e. The molecular weight excluding hydrogens is 372 g/mol. The quantitative estimate of drug-likeness (QED) is 0.553. The van der Waals surface area contributed by atoms with Crippen LogP contribution in [0.5, 0.6) is 11.5 Å². The molecule has 0 fully saturated rings. The molecule has 0 saturated carbocycles. The van der Waals surface area contributed by atoms with Crippen LogP contribution >= 0.6 is 0 Å². The SMILES string of the molecule is COc1ccc(/C=C/C(=O)OCC(=O)NCc2ccc(F)cc2F)cc1OC. The fourth-order valence-electron chi connectivity index (χ4n) is 2.22. The third-order valence-corrected chi connectivity index (χ3v) is 3.66. The minimum atomic E-state index is -0.768. The highest BCUT2D eigenvalue weighted by Gasteiger charge is 2.08. The summed E-state index contributed by atoms with van der Waals surface area (Å²) in [5, 5.41) is 2.38. The number of carbonyl (C=O) groups excluding carboxylic acids is 2. The second kappa shape index (κ2) is 10.1. The zero-order valence-electron chi connectivity index (χ0n) is 15.3. The maximum atomic E-state index is 13.5. The van der Waals surface area contributed by atoms with Crippen molar-refractivity contribution in [2.24, 2.45) is 0 Å². The van der Waals surface area contributed by atoms with E-state index in [1.165, 1.54) is 26.4 Å². The highest BCUT2D eigenvalue weighted by molar-refractivity contribution is 5.89. The Hall–Kier alpha value is -3.42. The largest absolute Gasteiger partial charge is 0.493 e. The molecule has 0 unspecified atom stereocenters. The van der Waals surface area contributed by atoms with Gasteiger partial charge in [-0.1, -0.05) is 12.1 Å². The summed E-state index contributed by atoms with van der Waals surface area (Å²) in [5.74, 6) is -1.76. The highest BCUT2D eigenvalue weighted by atomic mass is 19.1. The van der Waals surface area contributed by atoms with Crippen molar-refractivity contribution in [3.8, 4) is 11.5 Å². The molecule has 1 amide bonds. The van der Waals surface area contributed by atoms with E-state index in [0.717, 1.165) is 18.2 Å². The fraction of sp³-hybridized carbons (Fsp3) is 0.200. The lowest BCUT2D eigenvalue weighted by Crippen LogP contribution is -2.28. The number of methoxy groups -OCH3 is 2. The number of hydrogen-bond acceptors (Lipinski definition) is 5. The van der Waals surface area contributed by atoms with Gasteiger partial charge in [0.2, 0.25) is 0 Å². The van der Waals surface area contributed by atoms with Crippen LogP contribution in [0.25, 0.3) is 6.08 Å². The van der Waals surface area contributed by atoms with E-state index in [1.54, 1.807) is 18.2 Å². The van der Waals surface area contributed by atoms with Crippen LogP contribution in [0.4, 0.5) is 8.78 Å². The lowest BCUT2D eigenvalue weighted by atomic mass is 10.2. The number of hydrogen-bond donors (Lipinski definition) is 1. The van der Waals surface area contributed by atoms with Gasteiger partial charge in [0.15, 0.2) is 18.1 Å². The van der Waals surface area contributed by atoms with E-state index in [9.17, 15) is 18.4 Å². The summed E-state index contributed by atoms with van der Waals surface area (Å²) < 4.78 is 41.4. The Morgan fingerprint density at radius 2 is 1.79 bits per heavy atom. The monoisotopic (exact) mass is 391 g/mol. The van der Waals surface area contributed by atoms with E-state index in [2.05, 4.69) is 5.32 Å². The molecule has 8 heteroatoms. The van der Waals surface area contributed by atoms with Gasteiger partial charge in [-0.3, -0.25) is 4.79 Å². The Balaban J connectivity index is 1.81. The first kappa shape index (κ1) is 20.9. The van der Waals surface area contributed by atoms with Gasteiger partial charge in [-0.2, -0.15) is 0 Å². The van der Waals surface area contributed by atoms with Crippen molar-refractivity contribution in [2.75, 3.05) is 20.8 Å². The second-order valence-electron chi connectivity index (χ2n) is 5.57. The molecule has 0 bridgehead atoms. The number of benzene rings is 2. The fourth-order valence-corrected chi connectivity index (χ4v) is 2.22. The molecule has 0 heterocycles. The van der Waals surface area contributed by atoms with Crippen molar-refractivity contribution in [2.45, 2.75) is 6.54 Å². The molecule has 2 rings (SSSR count). The van der Waals surface area contributed by atoms with Crippen LogP contribution < -0.4 is 14.8 Å². The Morgan fingerprint density at radius 1 is 1.04 bits per heavy atom. The summed E-state index contributed by atoms with van der Waals surface area (Å²) in [6, 6.07) is 8.11. The van der Waals surface area contributed by atoms with Gasteiger partial charge >= 0.3 is 5.97 Å². The number of halogens is 2. The molecule has 0 radical (unpaired) electrons. The molecule has 0 aromatic heterocycles. The first-order valence-corrected chi connectivity index (χ1v) is 8.20. The number of esters is 1. The van der Waals surface area contributed by atoms with Gasteiger partial charge < -0.3 is 19.5 Å². The van der Waals surface area contributed by atoms with Gasteiger partial charge in [0.1, 0.15) is 11.6 Å². The second-order valence-corrected chi connectivity index (χ2v) is 5.57. The first-order chi connectivity index (χ1) is 13.4. The zero-order chi connectivity index (χ0) is 20.5. The van der Waals surface area contributed by atoms with Crippen molar-refractivity contribution in [1.29, 1.82) is 0 Å². The normalized spacial score (nSPS) is 10.6. The summed E-state index contributed by atoms with van der Waals surface area (Å²) in [4.78, 5) is 23.4. The Morgan fingerprint density at radius 3 is 2.46 bits per heavy atom. The highest BCUT2D eigenvalue weighted by Crippen LogP contribution is 2.27. The van der Waals surface area contributed by atoms with Crippen LogP contribution in [-0.2, 0) is 20.9 Å². The van der Waals surface area contributed by atoms with Gasteiger partial charge in [-0.15, -0.1) is 0 Å². The molecule has 2 aromatic carbocycles. The molecule has 28 heavy (non-hydrogen) atoms. The molecule has 2 aromatic rings. The van der Waals surface area contributed by atoms with E-state index in [4.69, 9.17) is 14.2 Å². The van der Waals surface area contributed by atoms with Crippen molar-refractivity contribution in [1.82, 2.24) is 5.32 Å². The predicted molar refractivity (Wildman–Crippen MR) is 97.7 cm³/mol. The Labute approximate surface area is 160 Å². The average molecular weight is 391 g/mol. The predicted octanol–water partition coefficient (Wildman–Crippen LogP) is 2.85. The van der Waals surface area contributed by atoms with Crippen LogP contribution in [-0.4, -0.2) is 32.7 Å². The lowest BCUT2D eigenvalue weighted by molar-refractivity contribution is -0.143. The summed E-state index contributed by atoms with van der Waals surface area (Å²) in [5.41, 5.74) is 0.792.